The van der Waals surface area contributed by atoms with E-state index in [1.165, 1.54) is 26.4 Å². The molecule has 3 rings (SSSR count). The number of piperidine rings is 2. The maximum atomic E-state index is 13.2. The van der Waals surface area contributed by atoms with E-state index in [9.17, 15) is 9.59 Å². The summed E-state index contributed by atoms with van der Waals surface area (Å²) in [5, 5.41) is 0. The molecule has 2 saturated heterocycles. The van der Waals surface area contributed by atoms with Gasteiger partial charge in [0.15, 0.2) is 0 Å². The molecule has 0 bridgehead atoms. The van der Waals surface area contributed by atoms with Crippen LogP contribution >= 0.6 is 0 Å². The fourth-order valence-electron chi connectivity index (χ4n) is 4.14. The van der Waals surface area contributed by atoms with E-state index >= 15 is 0 Å². The summed E-state index contributed by atoms with van der Waals surface area (Å²) in [5.41, 5.74) is 1.05. The second kappa shape index (κ2) is 9.30. The monoisotopic (exact) mass is 551 g/mol. The van der Waals surface area contributed by atoms with Crippen LogP contribution in [-0.2, 0) is 14.3 Å². The number of rotatable bonds is 4. The van der Waals surface area contributed by atoms with E-state index < -0.39 is 6.04 Å². The molecule has 3 radical (unpaired) electrons. The van der Waals surface area contributed by atoms with Crippen LogP contribution in [-0.4, -0.2) is 86.3 Å². The SMILES string of the molecule is COC(=O)C1CC(N2CCCCC2)CCN1C(=O)[CH]([Pb])c1ccccc1. The van der Waals surface area contributed by atoms with Crippen molar-refractivity contribution in [1.82, 2.24) is 9.80 Å². The number of esters is 1. The van der Waals surface area contributed by atoms with Gasteiger partial charge in [0.2, 0.25) is 0 Å². The molecule has 0 saturated carbocycles. The zero-order chi connectivity index (χ0) is 18.5. The van der Waals surface area contributed by atoms with Crippen LogP contribution in [0.2, 0.25) is 0 Å². The molecule has 2 fully saturated rings. The van der Waals surface area contributed by atoms with E-state index in [-0.39, 0.29) is 15.4 Å². The molecule has 0 aliphatic carbocycles. The minimum absolute atomic E-state index is 0.0790. The Morgan fingerprint density at radius 2 is 1.81 bits per heavy atom. The number of amides is 1. The zero-order valence-electron chi connectivity index (χ0n) is 15.4. The van der Waals surface area contributed by atoms with E-state index in [0.29, 0.717) is 19.0 Å². The molecule has 139 valence electrons. The number of methoxy groups -OCH3 is 1. The average molecular weight is 551 g/mol. The van der Waals surface area contributed by atoms with Crippen LogP contribution in [0, 0.1) is 0 Å². The predicted molar refractivity (Wildman–Crippen MR) is 101 cm³/mol. The summed E-state index contributed by atoms with van der Waals surface area (Å²) in [7, 11) is 1.42. The zero-order valence-corrected chi connectivity index (χ0v) is 19.3. The van der Waals surface area contributed by atoms with Gasteiger partial charge < -0.3 is 0 Å². The van der Waals surface area contributed by atoms with E-state index in [4.69, 9.17) is 4.74 Å². The Morgan fingerprint density at radius 1 is 1.12 bits per heavy atom. The average Bonchev–Trinajstić information content (AvgIpc) is 2.73. The van der Waals surface area contributed by atoms with E-state index in [0.717, 1.165) is 50.8 Å². The third-order valence-corrected chi connectivity index (χ3v) is 7.87. The fourth-order valence-corrected chi connectivity index (χ4v) is 5.53. The molecule has 0 aromatic heterocycles. The van der Waals surface area contributed by atoms with Crippen LogP contribution in [0.4, 0.5) is 0 Å². The second-order valence-corrected chi connectivity index (χ2v) is 9.43. The summed E-state index contributed by atoms with van der Waals surface area (Å²) in [6.07, 6.45) is 5.41. The van der Waals surface area contributed by atoms with Crippen molar-refractivity contribution in [1.29, 1.82) is 0 Å². The van der Waals surface area contributed by atoms with Crippen molar-refractivity contribution < 1.29 is 14.3 Å². The molecule has 3 atom stereocenters. The van der Waals surface area contributed by atoms with Crippen molar-refractivity contribution in [2.24, 2.45) is 0 Å². The van der Waals surface area contributed by atoms with Gasteiger partial charge in [-0.15, -0.1) is 0 Å². The molecule has 26 heavy (non-hydrogen) atoms. The number of carbonyl (C=O) groups excluding carboxylic acids is 2. The molecular formula is C20H27N2O3Pb. The van der Waals surface area contributed by atoms with Crippen LogP contribution in [0.15, 0.2) is 30.3 Å². The van der Waals surface area contributed by atoms with Gasteiger partial charge in [-0.25, -0.2) is 0 Å². The molecule has 2 aliphatic rings. The Bertz CT molecular complexity index is 619. The van der Waals surface area contributed by atoms with Gasteiger partial charge in [0.1, 0.15) is 0 Å². The number of hydrogen-bond acceptors (Lipinski definition) is 4. The fraction of sp³-hybridized carbons (Fsp3) is 0.600. The Labute approximate surface area is 171 Å². The van der Waals surface area contributed by atoms with Gasteiger partial charge in [-0.05, 0) is 0 Å². The first kappa shape index (κ1) is 19.8. The molecule has 1 aromatic carbocycles. The first-order valence-corrected chi connectivity index (χ1v) is 11.7. The van der Waals surface area contributed by atoms with E-state index in [1.807, 2.05) is 30.3 Å². The molecule has 2 heterocycles. The summed E-state index contributed by atoms with van der Waals surface area (Å²) in [5.74, 6) is -0.197. The van der Waals surface area contributed by atoms with Crippen molar-refractivity contribution in [2.45, 2.75) is 47.7 Å². The molecule has 3 unspecified atom stereocenters. The summed E-state index contributed by atoms with van der Waals surface area (Å²) >= 11 is 0.731. The maximum absolute atomic E-state index is 13.2. The third-order valence-electron chi connectivity index (χ3n) is 5.62. The van der Waals surface area contributed by atoms with Gasteiger partial charge in [-0.1, -0.05) is 0 Å². The van der Waals surface area contributed by atoms with Crippen molar-refractivity contribution >= 4 is 37.6 Å². The van der Waals surface area contributed by atoms with Crippen molar-refractivity contribution in [3.63, 3.8) is 0 Å². The molecule has 5 nitrogen and oxygen atoms in total. The van der Waals surface area contributed by atoms with Gasteiger partial charge in [0.05, 0.1) is 0 Å². The van der Waals surface area contributed by atoms with E-state index in [1.54, 1.807) is 4.90 Å². The second-order valence-electron chi connectivity index (χ2n) is 7.19. The molecule has 6 heteroatoms. The first-order chi connectivity index (χ1) is 12.6. The number of likely N-dealkylation sites (tertiary alicyclic amines) is 2. The predicted octanol–water partition coefficient (Wildman–Crippen LogP) is 1.91. The Balaban J connectivity index is 1.73. The number of carbonyl (C=O) groups is 2. The van der Waals surface area contributed by atoms with Crippen LogP contribution < -0.4 is 0 Å². The van der Waals surface area contributed by atoms with Crippen molar-refractivity contribution in [3.8, 4) is 0 Å². The van der Waals surface area contributed by atoms with Crippen LogP contribution in [0.5, 0.6) is 0 Å². The number of hydrogen-bond donors (Lipinski definition) is 0. The van der Waals surface area contributed by atoms with Gasteiger partial charge >= 0.3 is 172 Å². The number of ether oxygens (including phenoxy) is 1. The van der Waals surface area contributed by atoms with Crippen molar-refractivity contribution in [3.05, 3.63) is 35.9 Å². The summed E-state index contributed by atoms with van der Waals surface area (Å²) in [6.45, 7) is 2.87. The van der Waals surface area contributed by atoms with Gasteiger partial charge in [0, 0.05) is 0 Å². The Morgan fingerprint density at radius 3 is 2.46 bits per heavy atom. The molecule has 0 spiro atoms. The van der Waals surface area contributed by atoms with Gasteiger partial charge in [-0.2, -0.15) is 0 Å². The third kappa shape index (κ3) is 4.47. The molecule has 0 N–H and O–H groups in total. The van der Waals surface area contributed by atoms with Gasteiger partial charge in [0.25, 0.3) is 0 Å². The molecular weight excluding hydrogens is 523 g/mol. The summed E-state index contributed by atoms with van der Waals surface area (Å²) in [4.78, 5) is 29.9. The quantitative estimate of drug-likeness (QED) is 0.425. The molecule has 2 aliphatic heterocycles. The minimum atomic E-state index is -0.451. The van der Waals surface area contributed by atoms with Crippen LogP contribution in [0.3, 0.4) is 0 Å². The van der Waals surface area contributed by atoms with Gasteiger partial charge in [-0.3, -0.25) is 0 Å². The standard InChI is InChI=1S/C20H27N2O3.Pb/c1-25-20(24)18-15-17(21-11-6-3-7-12-21)10-13-22(18)19(23)14-16-8-4-2-5-9-16;/h2,4-5,8-9,14,17-18H,3,6-7,10-13,15H2,1H3;. The van der Waals surface area contributed by atoms with Crippen molar-refractivity contribution in [2.75, 3.05) is 26.7 Å². The Kier molecular flexibility index (Phi) is 7.08. The molecule has 1 aromatic rings. The number of nitrogens with zero attached hydrogens (tertiary/aromatic N) is 2. The van der Waals surface area contributed by atoms with Crippen LogP contribution in [0.1, 0.15) is 41.1 Å². The molecule has 1 amide bonds. The first-order valence-electron chi connectivity index (χ1n) is 9.50. The van der Waals surface area contributed by atoms with E-state index in [2.05, 4.69) is 4.90 Å². The summed E-state index contributed by atoms with van der Waals surface area (Å²) in [6, 6.07) is 9.83. The Hall–Kier alpha value is -0.958. The topological polar surface area (TPSA) is 49.9 Å². The van der Waals surface area contributed by atoms with Crippen LogP contribution in [0.25, 0.3) is 0 Å². The summed E-state index contributed by atoms with van der Waals surface area (Å²) < 4.78 is 4.94. The normalized spacial score (nSPS) is 25.5. The number of benzene rings is 1.